The number of hydrogen-bond donors (Lipinski definition) is 1. The van der Waals surface area contributed by atoms with Crippen molar-refractivity contribution in [3.8, 4) is 11.5 Å². The van der Waals surface area contributed by atoms with Crippen LogP contribution in [0.1, 0.15) is 11.5 Å². The maximum Gasteiger partial charge on any atom is 0.183 e. The van der Waals surface area contributed by atoms with Crippen molar-refractivity contribution in [3.63, 3.8) is 0 Å². The maximum absolute atomic E-state index is 6.10. The van der Waals surface area contributed by atoms with Gasteiger partial charge in [-0.05, 0) is 26.0 Å². The van der Waals surface area contributed by atoms with Crippen LogP contribution in [-0.2, 0) is 0 Å². The normalized spacial score (nSPS) is 11.1. The summed E-state index contributed by atoms with van der Waals surface area (Å²) in [5.41, 5.74) is 7.88. The van der Waals surface area contributed by atoms with E-state index < -0.39 is 0 Å². The van der Waals surface area contributed by atoms with E-state index >= 15 is 0 Å². The number of rotatable bonds is 1. The van der Waals surface area contributed by atoms with Crippen molar-refractivity contribution < 1.29 is 0 Å². The number of halogens is 1. The summed E-state index contributed by atoms with van der Waals surface area (Å²) in [7, 11) is 0. The fourth-order valence-electron chi connectivity index (χ4n) is 1.86. The fourth-order valence-corrected chi connectivity index (χ4v) is 2.03. The van der Waals surface area contributed by atoms with Gasteiger partial charge in [-0.1, -0.05) is 17.7 Å². The van der Waals surface area contributed by atoms with Crippen LogP contribution in [0, 0.1) is 13.8 Å². The standard InChI is InChI=1S/C12H11ClN6/c1-6-4-3-5-8(15-6)11-17-10(14)9(13)12-16-7(2)18-19(11)12/h3-5H,14H2,1-2H3. The molecule has 3 heterocycles. The van der Waals surface area contributed by atoms with Crippen molar-refractivity contribution in [1.82, 2.24) is 24.6 Å². The van der Waals surface area contributed by atoms with Gasteiger partial charge in [-0.2, -0.15) is 4.52 Å². The van der Waals surface area contributed by atoms with E-state index in [9.17, 15) is 0 Å². The Morgan fingerprint density at radius 3 is 2.68 bits per heavy atom. The smallest absolute Gasteiger partial charge is 0.183 e. The number of aryl methyl sites for hydroxylation is 2. The second-order valence-electron chi connectivity index (χ2n) is 4.19. The number of nitrogens with zero attached hydrogens (tertiary/aromatic N) is 5. The Bertz CT molecular complexity index is 779. The first-order chi connectivity index (χ1) is 9.06. The molecule has 2 N–H and O–H groups in total. The monoisotopic (exact) mass is 274 g/mol. The maximum atomic E-state index is 6.10. The summed E-state index contributed by atoms with van der Waals surface area (Å²) < 4.78 is 1.57. The third-order valence-corrected chi connectivity index (χ3v) is 3.04. The minimum absolute atomic E-state index is 0.222. The third-order valence-electron chi connectivity index (χ3n) is 2.68. The zero-order chi connectivity index (χ0) is 13.6. The van der Waals surface area contributed by atoms with Crippen molar-refractivity contribution in [2.24, 2.45) is 0 Å². The van der Waals surface area contributed by atoms with Crippen molar-refractivity contribution >= 4 is 23.1 Å². The molecule has 0 atom stereocenters. The lowest BCUT2D eigenvalue weighted by Crippen LogP contribution is -2.04. The molecule has 96 valence electrons. The Kier molecular flexibility index (Phi) is 2.60. The van der Waals surface area contributed by atoms with E-state index in [0.717, 1.165) is 5.69 Å². The van der Waals surface area contributed by atoms with Crippen molar-refractivity contribution in [3.05, 3.63) is 34.7 Å². The zero-order valence-corrected chi connectivity index (χ0v) is 11.2. The number of fused-ring (bicyclic) bond motifs is 1. The van der Waals surface area contributed by atoms with Crippen LogP contribution in [0.25, 0.3) is 17.2 Å². The van der Waals surface area contributed by atoms with Crippen molar-refractivity contribution in [2.75, 3.05) is 5.73 Å². The lowest BCUT2D eigenvalue weighted by molar-refractivity contribution is 0.904. The second kappa shape index (κ2) is 4.17. The van der Waals surface area contributed by atoms with E-state index in [4.69, 9.17) is 17.3 Å². The average molecular weight is 275 g/mol. The Balaban J connectivity index is 2.38. The van der Waals surface area contributed by atoms with E-state index in [1.54, 1.807) is 11.4 Å². The Labute approximate surface area is 114 Å². The highest BCUT2D eigenvalue weighted by Crippen LogP contribution is 2.26. The summed E-state index contributed by atoms with van der Waals surface area (Å²) >= 11 is 6.10. The zero-order valence-electron chi connectivity index (χ0n) is 10.4. The fraction of sp³-hybridized carbons (Fsp3) is 0.167. The van der Waals surface area contributed by atoms with Gasteiger partial charge < -0.3 is 5.73 Å². The molecule has 3 aromatic heterocycles. The van der Waals surface area contributed by atoms with Gasteiger partial charge in [0.2, 0.25) is 0 Å². The molecular weight excluding hydrogens is 264 g/mol. The molecule has 0 aliphatic rings. The molecule has 0 bridgehead atoms. The Morgan fingerprint density at radius 1 is 1.16 bits per heavy atom. The van der Waals surface area contributed by atoms with Gasteiger partial charge in [-0.15, -0.1) is 5.10 Å². The number of anilines is 1. The molecular formula is C12H11ClN6. The summed E-state index contributed by atoms with van der Waals surface area (Å²) in [6, 6.07) is 5.66. The third kappa shape index (κ3) is 1.90. The Morgan fingerprint density at radius 2 is 1.95 bits per heavy atom. The van der Waals surface area contributed by atoms with Crippen LogP contribution in [0.3, 0.4) is 0 Å². The van der Waals surface area contributed by atoms with Gasteiger partial charge in [0.25, 0.3) is 0 Å². The number of hydrogen-bond acceptors (Lipinski definition) is 5. The first-order valence-electron chi connectivity index (χ1n) is 5.68. The van der Waals surface area contributed by atoms with Gasteiger partial charge in [0.15, 0.2) is 11.5 Å². The highest BCUT2D eigenvalue weighted by molar-refractivity contribution is 6.35. The Hall–Kier alpha value is -2.21. The molecule has 0 saturated heterocycles. The van der Waals surface area contributed by atoms with Gasteiger partial charge in [-0.3, -0.25) is 0 Å². The summed E-state index contributed by atoms with van der Waals surface area (Å²) in [6.45, 7) is 3.69. The number of pyridine rings is 1. The van der Waals surface area contributed by atoms with E-state index in [1.807, 2.05) is 25.1 Å². The molecule has 3 rings (SSSR count). The van der Waals surface area contributed by atoms with Crippen LogP contribution in [-0.4, -0.2) is 24.6 Å². The van der Waals surface area contributed by atoms with Gasteiger partial charge in [0.1, 0.15) is 22.4 Å². The minimum Gasteiger partial charge on any atom is -0.382 e. The molecule has 0 unspecified atom stereocenters. The minimum atomic E-state index is 0.222. The van der Waals surface area contributed by atoms with Crippen LogP contribution >= 0.6 is 11.6 Å². The highest BCUT2D eigenvalue weighted by Gasteiger charge is 2.16. The summed E-state index contributed by atoms with van der Waals surface area (Å²) in [4.78, 5) is 12.9. The first kappa shape index (κ1) is 11.9. The lowest BCUT2D eigenvalue weighted by atomic mass is 10.3. The number of aromatic nitrogens is 5. The SMILES string of the molecule is Cc1cccc(-c2nc(N)c(Cl)c3nc(C)nn23)n1. The molecule has 0 aliphatic carbocycles. The molecule has 6 nitrogen and oxygen atoms in total. The summed E-state index contributed by atoms with van der Waals surface area (Å²) in [5.74, 6) is 1.35. The number of nitrogens with two attached hydrogens (primary N) is 1. The number of nitrogen functional groups attached to an aromatic ring is 1. The van der Waals surface area contributed by atoms with Gasteiger partial charge >= 0.3 is 0 Å². The summed E-state index contributed by atoms with van der Waals surface area (Å²) in [6.07, 6.45) is 0. The van der Waals surface area contributed by atoms with Crippen LogP contribution < -0.4 is 5.73 Å². The molecule has 0 amide bonds. The van der Waals surface area contributed by atoms with Gasteiger partial charge in [0.05, 0.1) is 0 Å². The van der Waals surface area contributed by atoms with E-state index in [2.05, 4.69) is 20.1 Å². The first-order valence-corrected chi connectivity index (χ1v) is 6.06. The average Bonchev–Trinajstić information content (AvgIpc) is 2.76. The second-order valence-corrected chi connectivity index (χ2v) is 4.57. The lowest BCUT2D eigenvalue weighted by Gasteiger charge is -2.06. The topological polar surface area (TPSA) is 82.0 Å². The largest absolute Gasteiger partial charge is 0.382 e. The van der Waals surface area contributed by atoms with Crippen LogP contribution in [0.2, 0.25) is 5.02 Å². The van der Waals surface area contributed by atoms with Crippen molar-refractivity contribution in [1.29, 1.82) is 0 Å². The molecule has 3 aromatic rings. The molecule has 0 radical (unpaired) electrons. The van der Waals surface area contributed by atoms with Crippen LogP contribution in [0.4, 0.5) is 5.82 Å². The van der Waals surface area contributed by atoms with Crippen LogP contribution in [0.5, 0.6) is 0 Å². The molecule has 0 fully saturated rings. The summed E-state index contributed by atoms with van der Waals surface area (Å²) in [5, 5.41) is 4.59. The quantitative estimate of drug-likeness (QED) is 0.734. The van der Waals surface area contributed by atoms with E-state index in [1.165, 1.54) is 0 Å². The highest BCUT2D eigenvalue weighted by atomic mass is 35.5. The molecule has 0 saturated carbocycles. The van der Waals surface area contributed by atoms with Crippen molar-refractivity contribution in [2.45, 2.75) is 13.8 Å². The molecule has 7 heteroatoms. The predicted molar refractivity (Wildman–Crippen MR) is 72.9 cm³/mol. The van der Waals surface area contributed by atoms with E-state index in [-0.39, 0.29) is 5.82 Å². The molecule has 0 spiro atoms. The van der Waals surface area contributed by atoms with E-state index in [0.29, 0.717) is 28.0 Å². The predicted octanol–water partition coefficient (Wildman–Crippen LogP) is 2.04. The molecule has 19 heavy (non-hydrogen) atoms. The molecule has 0 aliphatic heterocycles. The van der Waals surface area contributed by atoms with Gasteiger partial charge in [-0.25, -0.2) is 15.0 Å². The van der Waals surface area contributed by atoms with Gasteiger partial charge in [0, 0.05) is 5.69 Å². The molecule has 0 aromatic carbocycles. The van der Waals surface area contributed by atoms with Crippen LogP contribution in [0.15, 0.2) is 18.2 Å².